The monoisotopic (exact) mass is 283 g/mol. The molecule has 0 spiro atoms. The summed E-state index contributed by atoms with van der Waals surface area (Å²) >= 11 is 4.93. The van der Waals surface area contributed by atoms with Crippen LogP contribution in [0.15, 0.2) is 24.3 Å². The molecular formula is C14H21NO3S. The lowest BCUT2D eigenvalue weighted by Gasteiger charge is -2.07. The van der Waals surface area contributed by atoms with E-state index in [9.17, 15) is 0 Å². The number of ether oxygens (including phenoxy) is 3. The summed E-state index contributed by atoms with van der Waals surface area (Å²) in [5.41, 5.74) is 7.50. The average Bonchev–Trinajstić information content (AvgIpc) is 2.42. The van der Waals surface area contributed by atoms with Crippen molar-refractivity contribution in [2.75, 3.05) is 33.5 Å². The van der Waals surface area contributed by atoms with Crippen LogP contribution in [0.1, 0.15) is 17.5 Å². The van der Waals surface area contributed by atoms with Gasteiger partial charge in [-0.05, 0) is 18.1 Å². The minimum absolute atomic E-state index is 0.406. The number of benzene rings is 1. The van der Waals surface area contributed by atoms with Gasteiger partial charge >= 0.3 is 0 Å². The van der Waals surface area contributed by atoms with Crippen LogP contribution in [0.3, 0.4) is 0 Å². The largest absolute Gasteiger partial charge is 0.389 e. The Morgan fingerprint density at radius 3 is 2.68 bits per heavy atom. The van der Waals surface area contributed by atoms with Crippen LogP contribution in [0.2, 0.25) is 0 Å². The summed E-state index contributed by atoms with van der Waals surface area (Å²) < 4.78 is 15.8. The highest BCUT2D eigenvalue weighted by Crippen LogP contribution is 2.06. The topological polar surface area (TPSA) is 53.7 Å². The van der Waals surface area contributed by atoms with Crippen molar-refractivity contribution in [1.82, 2.24) is 0 Å². The van der Waals surface area contributed by atoms with E-state index in [1.165, 1.54) is 0 Å². The Hall–Kier alpha value is -1.01. The van der Waals surface area contributed by atoms with Gasteiger partial charge in [0, 0.05) is 25.9 Å². The predicted octanol–water partition coefficient (Wildman–Crippen LogP) is 1.89. The highest BCUT2D eigenvalue weighted by atomic mass is 32.1. The van der Waals surface area contributed by atoms with Gasteiger partial charge in [-0.3, -0.25) is 0 Å². The number of hydrogen-bond donors (Lipinski definition) is 1. The lowest BCUT2D eigenvalue weighted by Crippen LogP contribution is -2.10. The van der Waals surface area contributed by atoms with E-state index in [4.69, 9.17) is 32.2 Å². The van der Waals surface area contributed by atoms with Gasteiger partial charge in [-0.1, -0.05) is 30.4 Å². The molecule has 0 aliphatic heterocycles. The van der Waals surface area contributed by atoms with Crippen LogP contribution in [0.25, 0.3) is 0 Å². The normalized spacial score (nSPS) is 10.6. The molecule has 0 saturated heterocycles. The van der Waals surface area contributed by atoms with E-state index in [0.717, 1.165) is 24.2 Å². The molecule has 1 rings (SSSR count). The molecule has 2 N–H and O–H groups in total. The molecule has 0 fully saturated rings. The Labute approximate surface area is 119 Å². The van der Waals surface area contributed by atoms with E-state index < -0.39 is 0 Å². The Morgan fingerprint density at radius 1 is 1.16 bits per heavy atom. The lowest BCUT2D eigenvalue weighted by atomic mass is 10.1. The van der Waals surface area contributed by atoms with E-state index in [0.29, 0.717) is 31.4 Å². The Morgan fingerprint density at radius 2 is 1.95 bits per heavy atom. The van der Waals surface area contributed by atoms with Gasteiger partial charge in [0.2, 0.25) is 0 Å². The Kier molecular flexibility index (Phi) is 8.33. The molecule has 0 aliphatic rings. The van der Waals surface area contributed by atoms with Gasteiger partial charge in [-0.15, -0.1) is 0 Å². The Bertz CT molecular complexity index is 385. The van der Waals surface area contributed by atoms with Gasteiger partial charge in [-0.25, -0.2) is 0 Å². The molecule has 19 heavy (non-hydrogen) atoms. The maximum absolute atomic E-state index is 5.58. The van der Waals surface area contributed by atoms with E-state index in [1.54, 1.807) is 7.11 Å². The van der Waals surface area contributed by atoms with Crippen molar-refractivity contribution in [2.45, 2.75) is 13.0 Å². The fourth-order valence-corrected chi connectivity index (χ4v) is 1.66. The van der Waals surface area contributed by atoms with Gasteiger partial charge in [0.05, 0.1) is 19.8 Å². The van der Waals surface area contributed by atoms with Gasteiger partial charge in [-0.2, -0.15) is 0 Å². The van der Waals surface area contributed by atoms with Crippen molar-refractivity contribution in [3.05, 3.63) is 35.4 Å². The van der Waals surface area contributed by atoms with Crippen molar-refractivity contribution < 1.29 is 14.2 Å². The van der Waals surface area contributed by atoms with Gasteiger partial charge < -0.3 is 19.9 Å². The van der Waals surface area contributed by atoms with Crippen LogP contribution in [0.5, 0.6) is 0 Å². The molecule has 0 aliphatic carbocycles. The zero-order chi connectivity index (χ0) is 13.9. The second kappa shape index (κ2) is 9.86. The first kappa shape index (κ1) is 16.0. The summed E-state index contributed by atoms with van der Waals surface area (Å²) in [5, 5.41) is 0. The SMILES string of the molecule is COCCCOCCOCc1cccc(C(N)=S)c1. The molecule has 0 aromatic heterocycles. The summed E-state index contributed by atoms with van der Waals surface area (Å²) in [6, 6.07) is 7.75. The number of nitrogens with two attached hydrogens (primary N) is 1. The molecule has 106 valence electrons. The van der Waals surface area contributed by atoms with Crippen LogP contribution in [0.4, 0.5) is 0 Å². The summed E-state index contributed by atoms with van der Waals surface area (Å²) in [4.78, 5) is 0.406. The summed E-state index contributed by atoms with van der Waals surface area (Å²) in [5.74, 6) is 0. The van der Waals surface area contributed by atoms with E-state index in [-0.39, 0.29) is 0 Å². The number of methoxy groups -OCH3 is 1. The van der Waals surface area contributed by atoms with E-state index >= 15 is 0 Å². The molecule has 0 unspecified atom stereocenters. The molecule has 0 amide bonds. The highest BCUT2D eigenvalue weighted by molar-refractivity contribution is 7.80. The number of rotatable bonds is 10. The fourth-order valence-electron chi connectivity index (χ4n) is 1.53. The van der Waals surface area contributed by atoms with Crippen LogP contribution < -0.4 is 5.73 Å². The van der Waals surface area contributed by atoms with Gasteiger partial charge in [0.15, 0.2) is 0 Å². The quantitative estimate of drug-likeness (QED) is 0.525. The molecule has 0 radical (unpaired) electrons. The smallest absolute Gasteiger partial charge is 0.103 e. The summed E-state index contributed by atoms with van der Waals surface area (Å²) in [6.45, 7) is 3.14. The predicted molar refractivity (Wildman–Crippen MR) is 79.3 cm³/mol. The Balaban J connectivity index is 2.12. The molecule has 4 nitrogen and oxygen atoms in total. The van der Waals surface area contributed by atoms with Crippen molar-refractivity contribution >= 4 is 17.2 Å². The maximum Gasteiger partial charge on any atom is 0.103 e. The first-order valence-corrected chi connectivity index (χ1v) is 6.68. The third kappa shape index (κ3) is 7.22. The van der Waals surface area contributed by atoms with Crippen molar-refractivity contribution in [3.63, 3.8) is 0 Å². The van der Waals surface area contributed by atoms with Crippen LogP contribution in [-0.4, -0.2) is 38.5 Å². The first-order valence-electron chi connectivity index (χ1n) is 6.27. The van der Waals surface area contributed by atoms with E-state index in [1.807, 2.05) is 24.3 Å². The fraction of sp³-hybridized carbons (Fsp3) is 0.500. The van der Waals surface area contributed by atoms with Crippen molar-refractivity contribution in [3.8, 4) is 0 Å². The second-order valence-corrected chi connectivity index (χ2v) is 4.52. The number of hydrogen-bond acceptors (Lipinski definition) is 4. The van der Waals surface area contributed by atoms with Gasteiger partial charge in [0.1, 0.15) is 4.99 Å². The first-order chi connectivity index (χ1) is 9.24. The van der Waals surface area contributed by atoms with Crippen LogP contribution in [-0.2, 0) is 20.8 Å². The van der Waals surface area contributed by atoms with E-state index in [2.05, 4.69) is 0 Å². The van der Waals surface area contributed by atoms with Crippen molar-refractivity contribution in [2.24, 2.45) is 5.73 Å². The minimum Gasteiger partial charge on any atom is -0.389 e. The molecular weight excluding hydrogens is 262 g/mol. The molecule has 5 heteroatoms. The van der Waals surface area contributed by atoms with Crippen LogP contribution in [0, 0.1) is 0 Å². The lowest BCUT2D eigenvalue weighted by molar-refractivity contribution is 0.0337. The van der Waals surface area contributed by atoms with Crippen LogP contribution >= 0.6 is 12.2 Å². The summed E-state index contributed by atoms with van der Waals surface area (Å²) in [7, 11) is 1.68. The maximum atomic E-state index is 5.58. The molecule has 0 saturated carbocycles. The molecule has 0 atom stereocenters. The van der Waals surface area contributed by atoms with Crippen molar-refractivity contribution in [1.29, 1.82) is 0 Å². The third-order valence-corrected chi connectivity index (χ3v) is 2.73. The molecule has 0 bridgehead atoms. The summed E-state index contributed by atoms with van der Waals surface area (Å²) in [6.07, 6.45) is 0.909. The second-order valence-electron chi connectivity index (χ2n) is 4.08. The highest BCUT2D eigenvalue weighted by Gasteiger charge is 1.98. The average molecular weight is 283 g/mol. The van der Waals surface area contributed by atoms with Gasteiger partial charge in [0.25, 0.3) is 0 Å². The molecule has 1 aromatic rings. The minimum atomic E-state index is 0.406. The zero-order valence-corrected chi connectivity index (χ0v) is 12.1. The zero-order valence-electron chi connectivity index (χ0n) is 11.3. The third-order valence-electron chi connectivity index (χ3n) is 2.49. The standard InChI is InChI=1S/C14H21NO3S/c1-16-6-3-7-17-8-9-18-11-12-4-2-5-13(10-12)14(15)19/h2,4-5,10H,3,6-9,11H2,1H3,(H2,15,19). The number of thiocarbonyl (C=S) groups is 1. The molecule has 1 aromatic carbocycles. The molecule has 0 heterocycles.